The summed E-state index contributed by atoms with van der Waals surface area (Å²) in [5.74, 6) is -2.16. The Morgan fingerprint density at radius 1 is 1.64 bits per heavy atom. The average molecular weight is 180 g/mol. The first-order chi connectivity index (χ1) is 5.17. The van der Waals surface area contributed by atoms with Crippen molar-refractivity contribution in [3.8, 4) is 0 Å². The molecule has 0 heterocycles. The van der Waals surface area contributed by atoms with Gasteiger partial charge >= 0.3 is 5.97 Å². The fraction of sp³-hybridized carbons (Fsp3) is 0.600. The van der Waals surface area contributed by atoms with Gasteiger partial charge < -0.3 is 4.74 Å². The van der Waals surface area contributed by atoms with Gasteiger partial charge in [-0.3, -0.25) is 4.79 Å². The van der Waals surface area contributed by atoms with E-state index >= 15 is 0 Å². The summed E-state index contributed by atoms with van der Waals surface area (Å²) in [6, 6.07) is -1.61. The van der Waals surface area contributed by atoms with E-state index in [-0.39, 0.29) is 0 Å². The summed E-state index contributed by atoms with van der Waals surface area (Å²) in [4.78, 5) is 31.0. The molecule has 0 saturated carbocycles. The van der Waals surface area contributed by atoms with Crippen LogP contribution in [0.2, 0.25) is 0 Å². The van der Waals surface area contributed by atoms with E-state index in [9.17, 15) is 14.5 Å². The molecule has 0 fully saturated rings. The first-order valence-electron chi connectivity index (χ1n) is 2.66. The van der Waals surface area contributed by atoms with E-state index in [2.05, 4.69) is 9.91 Å². The third kappa shape index (κ3) is 2.63. The van der Waals surface area contributed by atoms with E-state index in [1.54, 1.807) is 0 Å². The Kier molecular flexibility index (Phi) is 4.36. The van der Waals surface area contributed by atoms with Crippen molar-refractivity contribution in [2.75, 3.05) is 13.0 Å². The highest BCUT2D eigenvalue weighted by atomic mass is 35.5. The third-order valence-electron chi connectivity index (χ3n) is 0.967. The number of nitroso groups, excluding NO2 is 1. The maximum absolute atomic E-state index is 10.6. The topological polar surface area (TPSA) is 72.8 Å². The number of nitrogens with zero attached hydrogens (tertiary/aromatic N) is 1. The van der Waals surface area contributed by atoms with Gasteiger partial charge in [0.05, 0.1) is 13.0 Å². The van der Waals surface area contributed by atoms with E-state index in [1.807, 2.05) is 0 Å². The van der Waals surface area contributed by atoms with Crippen LogP contribution in [-0.4, -0.2) is 30.8 Å². The smallest absolute Gasteiger partial charge is 0.342 e. The first kappa shape index (κ1) is 10.0. The minimum atomic E-state index is -1.61. The molecule has 0 aliphatic carbocycles. The standard InChI is InChI=1S/C5H6ClNO4/c1-11-5(9)4(7-10)3(8)2-6/h4H,2H2,1H3. The molecule has 0 bridgehead atoms. The molecule has 5 nitrogen and oxygen atoms in total. The Balaban J connectivity index is 4.27. The number of carbonyl (C=O) groups excluding carboxylic acids is 2. The molecule has 0 spiro atoms. The number of methoxy groups -OCH3 is 1. The molecule has 0 aliphatic rings. The lowest BCUT2D eigenvalue weighted by atomic mass is 10.2. The van der Waals surface area contributed by atoms with Crippen LogP contribution in [0.1, 0.15) is 0 Å². The first-order valence-corrected chi connectivity index (χ1v) is 3.19. The second-order valence-corrected chi connectivity index (χ2v) is 1.90. The van der Waals surface area contributed by atoms with Crippen molar-refractivity contribution in [1.29, 1.82) is 0 Å². The van der Waals surface area contributed by atoms with Crippen LogP contribution < -0.4 is 0 Å². The molecule has 1 atom stereocenters. The Morgan fingerprint density at radius 3 is 2.45 bits per heavy atom. The second-order valence-electron chi connectivity index (χ2n) is 1.63. The Morgan fingerprint density at radius 2 is 2.18 bits per heavy atom. The maximum atomic E-state index is 10.6. The Labute approximate surface area is 67.6 Å². The van der Waals surface area contributed by atoms with Gasteiger partial charge in [0.1, 0.15) is 0 Å². The minimum Gasteiger partial charge on any atom is -0.467 e. The van der Waals surface area contributed by atoms with Crippen LogP contribution in [-0.2, 0) is 14.3 Å². The Hall–Kier alpha value is -0.970. The van der Waals surface area contributed by atoms with Gasteiger partial charge in [-0.15, -0.1) is 16.5 Å². The molecule has 0 amide bonds. The number of rotatable bonds is 4. The normalized spacial score (nSPS) is 11.8. The lowest BCUT2D eigenvalue weighted by Gasteiger charge is -2.01. The molecule has 0 aromatic rings. The minimum absolute atomic E-state index is 0.425. The molecular formula is C5H6ClNO4. The van der Waals surface area contributed by atoms with Gasteiger partial charge in [-0.25, -0.2) is 4.79 Å². The molecule has 11 heavy (non-hydrogen) atoms. The predicted octanol–water partition coefficient (Wildman–Crippen LogP) is 0.102. The van der Waals surface area contributed by atoms with E-state index in [0.717, 1.165) is 7.11 Å². The number of esters is 1. The second kappa shape index (κ2) is 4.79. The molecule has 6 heteroatoms. The molecular weight excluding hydrogens is 174 g/mol. The van der Waals surface area contributed by atoms with E-state index in [1.165, 1.54) is 0 Å². The molecule has 62 valence electrons. The predicted molar refractivity (Wildman–Crippen MR) is 37.3 cm³/mol. The number of hydrogen-bond donors (Lipinski definition) is 0. The van der Waals surface area contributed by atoms with E-state index in [4.69, 9.17) is 11.6 Å². The number of halogens is 1. The van der Waals surface area contributed by atoms with Crippen LogP contribution in [0.3, 0.4) is 0 Å². The fourth-order valence-electron chi connectivity index (χ4n) is 0.418. The fourth-order valence-corrected chi connectivity index (χ4v) is 0.564. The van der Waals surface area contributed by atoms with Gasteiger partial charge in [0.2, 0.25) is 6.04 Å². The highest BCUT2D eigenvalue weighted by Gasteiger charge is 2.27. The molecule has 0 rings (SSSR count). The van der Waals surface area contributed by atoms with Crippen molar-refractivity contribution >= 4 is 23.4 Å². The SMILES string of the molecule is COC(=O)C(N=O)C(=O)CCl. The van der Waals surface area contributed by atoms with E-state index < -0.39 is 23.7 Å². The summed E-state index contributed by atoms with van der Waals surface area (Å²) < 4.78 is 4.11. The summed E-state index contributed by atoms with van der Waals surface area (Å²) in [6.45, 7) is 0. The zero-order chi connectivity index (χ0) is 8.85. The number of carbonyl (C=O) groups is 2. The van der Waals surface area contributed by atoms with Crippen LogP contribution >= 0.6 is 11.6 Å². The van der Waals surface area contributed by atoms with Crippen LogP contribution in [0, 0.1) is 4.91 Å². The summed E-state index contributed by atoms with van der Waals surface area (Å²) in [5.41, 5.74) is 0. The van der Waals surface area contributed by atoms with Crippen molar-refractivity contribution in [2.45, 2.75) is 6.04 Å². The summed E-state index contributed by atoms with van der Waals surface area (Å²) >= 11 is 5.07. The van der Waals surface area contributed by atoms with Crippen LogP contribution in [0.4, 0.5) is 0 Å². The quantitative estimate of drug-likeness (QED) is 0.266. The number of Topliss-reactive ketones (excluding diaryl/α,β-unsaturated/α-hetero) is 1. The van der Waals surface area contributed by atoms with Gasteiger partial charge in [0, 0.05) is 0 Å². The van der Waals surface area contributed by atoms with Crippen LogP contribution in [0.15, 0.2) is 5.18 Å². The lowest BCUT2D eigenvalue weighted by Crippen LogP contribution is -2.29. The zero-order valence-corrected chi connectivity index (χ0v) is 6.50. The van der Waals surface area contributed by atoms with Crippen molar-refractivity contribution in [3.05, 3.63) is 4.91 Å². The number of ether oxygens (including phenoxy) is 1. The largest absolute Gasteiger partial charge is 0.467 e. The maximum Gasteiger partial charge on any atom is 0.342 e. The van der Waals surface area contributed by atoms with Crippen LogP contribution in [0.5, 0.6) is 0 Å². The molecule has 0 aliphatic heterocycles. The van der Waals surface area contributed by atoms with Gasteiger partial charge in [-0.05, 0) is 5.18 Å². The molecule has 0 aromatic carbocycles. The Bertz CT molecular complexity index is 165. The zero-order valence-electron chi connectivity index (χ0n) is 5.74. The van der Waals surface area contributed by atoms with Gasteiger partial charge in [-0.2, -0.15) is 0 Å². The monoisotopic (exact) mass is 179 g/mol. The average Bonchev–Trinajstić information content (AvgIpc) is 2.05. The molecule has 0 radical (unpaired) electrons. The molecule has 0 saturated heterocycles. The molecule has 1 unspecified atom stereocenters. The van der Waals surface area contributed by atoms with Crippen LogP contribution in [0.25, 0.3) is 0 Å². The molecule has 0 aromatic heterocycles. The van der Waals surface area contributed by atoms with Gasteiger partial charge in [0.25, 0.3) is 0 Å². The number of hydrogen-bond acceptors (Lipinski definition) is 5. The summed E-state index contributed by atoms with van der Waals surface area (Å²) in [5, 5.41) is 2.27. The van der Waals surface area contributed by atoms with Crippen molar-refractivity contribution in [3.63, 3.8) is 0 Å². The van der Waals surface area contributed by atoms with Crippen molar-refractivity contribution < 1.29 is 14.3 Å². The number of alkyl halides is 1. The highest BCUT2D eigenvalue weighted by Crippen LogP contribution is 1.97. The molecule has 0 N–H and O–H groups in total. The summed E-state index contributed by atoms with van der Waals surface area (Å²) in [6.07, 6.45) is 0. The third-order valence-corrected chi connectivity index (χ3v) is 1.23. The highest BCUT2D eigenvalue weighted by molar-refractivity contribution is 6.30. The summed E-state index contributed by atoms with van der Waals surface area (Å²) in [7, 11) is 1.06. The van der Waals surface area contributed by atoms with Gasteiger partial charge in [0.15, 0.2) is 5.78 Å². The number of ketones is 1. The van der Waals surface area contributed by atoms with E-state index in [0.29, 0.717) is 0 Å². The lowest BCUT2D eigenvalue weighted by molar-refractivity contribution is -0.144. The van der Waals surface area contributed by atoms with Crippen molar-refractivity contribution in [1.82, 2.24) is 0 Å². The van der Waals surface area contributed by atoms with Gasteiger partial charge in [-0.1, -0.05) is 0 Å². The van der Waals surface area contributed by atoms with Crippen molar-refractivity contribution in [2.24, 2.45) is 5.18 Å².